The number of hydrogen-bond donors (Lipinski definition) is 2. The average molecular weight is 245 g/mol. The lowest BCUT2D eigenvalue weighted by atomic mass is 10.2. The van der Waals surface area contributed by atoms with Gasteiger partial charge in [0.25, 0.3) is 0 Å². The number of nitrogens with one attached hydrogen (secondary N) is 1. The van der Waals surface area contributed by atoms with E-state index >= 15 is 0 Å². The molecular formula is C11H14Cl2N2. The van der Waals surface area contributed by atoms with E-state index in [4.69, 9.17) is 28.9 Å². The highest BCUT2D eigenvalue weighted by Gasteiger charge is 2.28. The molecule has 1 aromatic carbocycles. The van der Waals surface area contributed by atoms with Crippen LogP contribution in [0.5, 0.6) is 0 Å². The smallest absolute Gasteiger partial charge is 0.0722 e. The van der Waals surface area contributed by atoms with E-state index < -0.39 is 0 Å². The zero-order valence-corrected chi connectivity index (χ0v) is 10.1. The summed E-state index contributed by atoms with van der Waals surface area (Å²) in [5.74, 6) is 0.759. The molecule has 0 radical (unpaired) electrons. The topological polar surface area (TPSA) is 38.0 Å². The highest BCUT2D eigenvalue weighted by atomic mass is 35.5. The molecule has 82 valence electrons. The van der Waals surface area contributed by atoms with Crippen molar-refractivity contribution in [3.63, 3.8) is 0 Å². The lowest BCUT2D eigenvalue weighted by molar-refractivity contribution is 0.694. The van der Waals surface area contributed by atoms with E-state index in [9.17, 15) is 0 Å². The summed E-state index contributed by atoms with van der Waals surface area (Å²) >= 11 is 12.2. The maximum atomic E-state index is 6.08. The van der Waals surface area contributed by atoms with E-state index in [-0.39, 0.29) is 0 Å². The van der Waals surface area contributed by atoms with Crippen molar-refractivity contribution in [2.75, 3.05) is 11.1 Å². The van der Waals surface area contributed by atoms with Crippen LogP contribution in [0.3, 0.4) is 0 Å². The minimum absolute atomic E-state index is 0.420. The fraction of sp³-hybridized carbons (Fsp3) is 0.455. The van der Waals surface area contributed by atoms with Crippen LogP contribution in [-0.4, -0.2) is 6.04 Å². The fourth-order valence-corrected chi connectivity index (χ4v) is 2.29. The zero-order valence-electron chi connectivity index (χ0n) is 8.56. The molecule has 1 unspecified atom stereocenters. The van der Waals surface area contributed by atoms with Crippen molar-refractivity contribution in [2.24, 2.45) is 5.92 Å². The molecule has 15 heavy (non-hydrogen) atoms. The molecule has 0 aromatic heterocycles. The molecule has 1 fully saturated rings. The van der Waals surface area contributed by atoms with Crippen molar-refractivity contribution in [3.8, 4) is 0 Å². The summed E-state index contributed by atoms with van der Waals surface area (Å²) in [5.41, 5.74) is 7.02. The van der Waals surface area contributed by atoms with Crippen LogP contribution in [0.2, 0.25) is 10.0 Å². The Bertz CT molecular complexity index is 352. The van der Waals surface area contributed by atoms with Gasteiger partial charge in [-0.3, -0.25) is 0 Å². The second-order valence-electron chi connectivity index (χ2n) is 4.13. The van der Waals surface area contributed by atoms with E-state index in [1.54, 1.807) is 12.1 Å². The van der Waals surface area contributed by atoms with Gasteiger partial charge in [-0.2, -0.15) is 0 Å². The zero-order chi connectivity index (χ0) is 11.0. The molecule has 0 spiro atoms. The first-order valence-electron chi connectivity index (χ1n) is 5.09. The van der Waals surface area contributed by atoms with E-state index in [1.165, 1.54) is 12.8 Å². The first kappa shape index (κ1) is 10.9. The molecular weight excluding hydrogens is 231 g/mol. The number of anilines is 2. The third-order valence-corrected chi connectivity index (χ3v) is 3.36. The maximum Gasteiger partial charge on any atom is 0.0722 e. The van der Waals surface area contributed by atoms with Crippen LogP contribution in [0.1, 0.15) is 19.8 Å². The molecule has 0 bridgehead atoms. The van der Waals surface area contributed by atoms with E-state index in [0.717, 1.165) is 11.6 Å². The van der Waals surface area contributed by atoms with Crippen LogP contribution in [0.25, 0.3) is 0 Å². The van der Waals surface area contributed by atoms with Crippen molar-refractivity contribution in [1.82, 2.24) is 0 Å². The van der Waals surface area contributed by atoms with Gasteiger partial charge in [0.1, 0.15) is 0 Å². The second kappa shape index (κ2) is 4.11. The minimum Gasteiger partial charge on any atom is -0.399 e. The van der Waals surface area contributed by atoms with Crippen molar-refractivity contribution in [2.45, 2.75) is 25.8 Å². The molecule has 1 atom stereocenters. The Morgan fingerprint density at radius 1 is 1.33 bits per heavy atom. The Morgan fingerprint density at radius 3 is 2.33 bits per heavy atom. The van der Waals surface area contributed by atoms with Crippen LogP contribution in [0, 0.1) is 5.92 Å². The van der Waals surface area contributed by atoms with Crippen LogP contribution in [0.15, 0.2) is 12.1 Å². The van der Waals surface area contributed by atoms with Crippen LogP contribution < -0.4 is 11.1 Å². The molecule has 0 aliphatic heterocycles. The lowest BCUT2D eigenvalue weighted by Gasteiger charge is -2.17. The molecule has 0 amide bonds. The molecule has 2 nitrogen and oxygen atoms in total. The molecule has 1 saturated carbocycles. The summed E-state index contributed by atoms with van der Waals surface area (Å²) in [6, 6.07) is 3.86. The Labute approximate surface area is 99.7 Å². The minimum atomic E-state index is 0.420. The SMILES string of the molecule is CC(Nc1c(Cl)cc(N)cc1Cl)C1CC1. The third-order valence-electron chi connectivity index (χ3n) is 2.77. The average Bonchev–Trinajstić information content (AvgIpc) is 2.93. The Hall–Kier alpha value is -0.600. The van der Waals surface area contributed by atoms with E-state index in [0.29, 0.717) is 21.8 Å². The lowest BCUT2D eigenvalue weighted by Crippen LogP contribution is -2.17. The normalized spacial score (nSPS) is 17.5. The van der Waals surface area contributed by atoms with Gasteiger partial charge in [0.15, 0.2) is 0 Å². The molecule has 0 saturated heterocycles. The Morgan fingerprint density at radius 2 is 1.87 bits per heavy atom. The number of rotatable bonds is 3. The molecule has 2 rings (SSSR count). The van der Waals surface area contributed by atoms with Gasteiger partial charge in [-0.1, -0.05) is 23.2 Å². The van der Waals surface area contributed by atoms with Crippen molar-refractivity contribution < 1.29 is 0 Å². The molecule has 3 N–H and O–H groups in total. The molecule has 0 heterocycles. The number of nitrogen functional groups attached to an aromatic ring is 1. The summed E-state index contributed by atoms with van der Waals surface area (Å²) in [6.45, 7) is 2.15. The molecule has 4 heteroatoms. The highest BCUT2D eigenvalue weighted by Crippen LogP contribution is 2.38. The van der Waals surface area contributed by atoms with Crippen LogP contribution >= 0.6 is 23.2 Å². The van der Waals surface area contributed by atoms with Gasteiger partial charge in [0, 0.05) is 11.7 Å². The number of halogens is 2. The van der Waals surface area contributed by atoms with Crippen LogP contribution in [-0.2, 0) is 0 Å². The summed E-state index contributed by atoms with van der Waals surface area (Å²) in [5, 5.41) is 4.53. The fourth-order valence-electron chi connectivity index (χ4n) is 1.67. The number of nitrogens with two attached hydrogens (primary N) is 1. The first-order chi connectivity index (χ1) is 7.08. The number of hydrogen-bond acceptors (Lipinski definition) is 2. The molecule has 1 aromatic rings. The third kappa shape index (κ3) is 2.50. The maximum absolute atomic E-state index is 6.08. The van der Waals surface area contributed by atoms with Gasteiger partial charge >= 0.3 is 0 Å². The van der Waals surface area contributed by atoms with E-state index in [1.807, 2.05) is 0 Å². The van der Waals surface area contributed by atoms with Gasteiger partial charge in [-0.15, -0.1) is 0 Å². The van der Waals surface area contributed by atoms with Gasteiger partial charge in [-0.05, 0) is 37.8 Å². The molecule has 1 aliphatic carbocycles. The monoisotopic (exact) mass is 244 g/mol. The molecule has 1 aliphatic rings. The van der Waals surface area contributed by atoms with Crippen LogP contribution in [0.4, 0.5) is 11.4 Å². The van der Waals surface area contributed by atoms with Crippen molar-refractivity contribution >= 4 is 34.6 Å². The van der Waals surface area contributed by atoms with Gasteiger partial charge in [-0.25, -0.2) is 0 Å². The van der Waals surface area contributed by atoms with Crippen molar-refractivity contribution in [3.05, 3.63) is 22.2 Å². The van der Waals surface area contributed by atoms with Crippen molar-refractivity contribution in [1.29, 1.82) is 0 Å². The highest BCUT2D eigenvalue weighted by molar-refractivity contribution is 6.39. The van der Waals surface area contributed by atoms with E-state index in [2.05, 4.69) is 12.2 Å². The summed E-state index contributed by atoms with van der Waals surface area (Å²) in [6.07, 6.45) is 2.58. The quantitative estimate of drug-likeness (QED) is 0.795. The predicted octanol–water partition coefficient (Wildman–Crippen LogP) is 3.79. The summed E-state index contributed by atoms with van der Waals surface area (Å²) in [7, 11) is 0. The standard InChI is InChI=1S/C11H14Cl2N2/c1-6(7-2-3-7)15-11-9(12)4-8(14)5-10(11)13/h4-7,15H,2-3,14H2,1H3. The Kier molecular flexibility index (Phi) is 2.98. The summed E-state index contributed by atoms with van der Waals surface area (Å²) in [4.78, 5) is 0. The van der Waals surface area contributed by atoms with Gasteiger partial charge in [0.2, 0.25) is 0 Å². The largest absolute Gasteiger partial charge is 0.399 e. The number of benzene rings is 1. The second-order valence-corrected chi connectivity index (χ2v) is 4.94. The first-order valence-corrected chi connectivity index (χ1v) is 5.84. The Balaban J connectivity index is 2.19. The summed E-state index contributed by atoms with van der Waals surface area (Å²) < 4.78 is 0. The predicted molar refractivity (Wildman–Crippen MR) is 66.7 cm³/mol. The van der Waals surface area contributed by atoms with Gasteiger partial charge < -0.3 is 11.1 Å². The van der Waals surface area contributed by atoms with Gasteiger partial charge in [0.05, 0.1) is 15.7 Å².